The summed E-state index contributed by atoms with van der Waals surface area (Å²) in [4.78, 5) is 8.64. The predicted octanol–water partition coefficient (Wildman–Crippen LogP) is 0.329. The maximum absolute atomic E-state index is 10.5. The van der Waals surface area contributed by atoms with Crippen molar-refractivity contribution in [3.63, 3.8) is 0 Å². The zero-order chi connectivity index (χ0) is 6.69. The largest absolute Gasteiger partial charge is 0.391 e. The maximum atomic E-state index is 10.5. The van der Waals surface area contributed by atoms with Gasteiger partial charge in [-0.15, -0.1) is 0 Å². The van der Waals surface area contributed by atoms with E-state index in [0.29, 0.717) is 0 Å². The molecule has 0 saturated heterocycles. The quantitative estimate of drug-likeness (QED) is 0.525. The van der Waals surface area contributed by atoms with E-state index in [2.05, 4.69) is 5.32 Å². The van der Waals surface area contributed by atoms with Crippen LogP contribution in [0.2, 0.25) is 0 Å². The minimum Gasteiger partial charge on any atom is -0.391 e. The summed E-state index contributed by atoms with van der Waals surface area (Å²) in [5, 5.41) is 2.96. The van der Waals surface area contributed by atoms with Crippen LogP contribution in [-0.2, 0) is 4.57 Å². The Balaban J connectivity index is 2.50. The fourth-order valence-corrected chi connectivity index (χ4v) is 1.46. The fourth-order valence-electron chi connectivity index (χ4n) is 0.808. The number of rotatable bonds is 1. The smallest absolute Gasteiger partial charge is 0.195 e. The average Bonchev–Trinajstić information content (AvgIpc) is 1.90. The molecule has 1 aliphatic rings. The Morgan fingerprint density at radius 1 is 1.78 bits per heavy atom. The van der Waals surface area contributed by atoms with E-state index in [0.717, 1.165) is 13.0 Å². The lowest BCUT2D eigenvalue weighted by molar-refractivity contribution is 0.490. The van der Waals surface area contributed by atoms with Crippen LogP contribution in [-0.4, -0.2) is 17.1 Å². The van der Waals surface area contributed by atoms with E-state index in [1.165, 1.54) is 0 Å². The van der Waals surface area contributed by atoms with Gasteiger partial charge >= 0.3 is 0 Å². The third-order valence-corrected chi connectivity index (χ3v) is 2.48. The van der Waals surface area contributed by atoms with Gasteiger partial charge in [0.15, 0.2) is 8.03 Å². The van der Waals surface area contributed by atoms with Crippen molar-refractivity contribution in [1.29, 1.82) is 0 Å². The van der Waals surface area contributed by atoms with Crippen LogP contribution in [0.5, 0.6) is 0 Å². The summed E-state index contributed by atoms with van der Waals surface area (Å²) in [5.74, 6) is 0. The molecule has 2 atom stereocenters. The highest BCUT2D eigenvalue weighted by Crippen LogP contribution is 2.26. The molecule has 3 nitrogen and oxygen atoms in total. The lowest BCUT2D eigenvalue weighted by Crippen LogP contribution is -2.18. The molecule has 0 amide bonds. The van der Waals surface area contributed by atoms with E-state index in [1.54, 1.807) is 12.3 Å². The van der Waals surface area contributed by atoms with E-state index in [9.17, 15) is 4.57 Å². The molecule has 0 aromatic carbocycles. The second-order valence-corrected chi connectivity index (χ2v) is 3.46. The van der Waals surface area contributed by atoms with Gasteiger partial charge in [-0.05, 0) is 12.6 Å². The summed E-state index contributed by atoms with van der Waals surface area (Å²) < 4.78 is 10.5. The highest BCUT2D eigenvalue weighted by molar-refractivity contribution is 7.39. The zero-order valence-electron chi connectivity index (χ0n) is 5.00. The Morgan fingerprint density at radius 2 is 2.56 bits per heavy atom. The van der Waals surface area contributed by atoms with Crippen LogP contribution in [0, 0.1) is 0 Å². The van der Waals surface area contributed by atoms with Gasteiger partial charge < -0.3 is 10.2 Å². The third kappa shape index (κ3) is 1.84. The molecule has 0 fully saturated rings. The topological polar surface area (TPSA) is 49.3 Å². The van der Waals surface area contributed by atoms with Crippen LogP contribution < -0.4 is 5.32 Å². The Morgan fingerprint density at radius 3 is 2.89 bits per heavy atom. The molecule has 4 heteroatoms. The van der Waals surface area contributed by atoms with E-state index >= 15 is 0 Å². The molecule has 0 aromatic rings. The molecule has 0 bridgehead atoms. The number of hydrogen-bond acceptors (Lipinski definition) is 2. The van der Waals surface area contributed by atoms with Crippen molar-refractivity contribution >= 4 is 8.03 Å². The maximum Gasteiger partial charge on any atom is 0.195 e. The monoisotopic (exact) mass is 147 g/mol. The number of hydrogen-bond donors (Lipinski definition) is 2. The summed E-state index contributed by atoms with van der Waals surface area (Å²) in [7, 11) is -2.31. The molecule has 0 aliphatic carbocycles. The second-order valence-electron chi connectivity index (χ2n) is 2.05. The molecule has 0 spiro atoms. The molecule has 2 N–H and O–H groups in total. The number of allylic oxidation sites excluding steroid dienone is 1. The van der Waals surface area contributed by atoms with E-state index in [-0.39, 0.29) is 5.66 Å². The first-order chi connectivity index (χ1) is 4.30. The van der Waals surface area contributed by atoms with Gasteiger partial charge in [-0.1, -0.05) is 6.08 Å². The average molecular weight is 147 g/mol. The number of nitrogens with one attached hydrogen (secondary N) is 1. The van der Waals surface area contributed by atoms with Crippen LogP contribution >= 0.6 is 8.03 Å². The third-order valence-electron chi connectivity index (χ3n) is 1.36. The van der Waals surface area contributed by atoms with E-state index in [4.69, 9.17) is 4.89 Å². The lowest BCUT2D eigenvalue weighted by Gasteiger charge is -2.13. The standard InChI is InChI=1S/C5H10NO2P/c7-9(8)5-1-3-6-4-2-5/h1,3,5-6,9H,2,4H2,(H,7,8). The van der Waals surface area contributed by atoms with Crippen molar-refractivity contribution in [2.45, 2.75) is 12.1 Å². The Hall–Kier alpha value is -0.270. The highest BCUT2D eigenvalue weighted by atomic mass is 31.1. The van der Waals surface area contributed by atoms with Crippen molar-refractivity contribution in [2.75, 3.05) is 6.54 Å². The second kappa shape index (κ2) is 3.04. The van der Waals surface area contributed by atoms with Gasteiger partial charge in [-0.2, -0.15) is 0 Å². The normalized spacial score (nSPS) is 29.2. The predicted molar refractivity (Wildman–Crippen MR) is 36.8 cm³/mol. The summed E-state index contributed by atoms with van der Waals surface area (Å²) in [6, 6.07) is 0. The molecular weight excluding hydrogens is 137 g/mol. The minimum absolute atomic E-state index is 0.0868. The van der Waals surface area contributed by atoms with Crippen LogP contribution in [0.3, 0.4) is 0 Å². The lowest BCUT2D eigenvalue weighted by atomic mass is 10.2. The van der Waals surface area contributed by atoms with Gasteiger partial charge in [-0.3, -0.25) is 4.57 Å². The van der Waals surface area contributed by atoms with Gasteiger partial charge in [0.05, 0.1) is 5.66 Å². The zero-order valence-corrected chi connectivity index (χ0v) is 6.00. The minimum atomic E-state index is -2.31. The van der Waals surface area contributed by atoms with Crippen molar-refractivity contribution in [1.82, 2.24) is 5.32 Å². The van der Waals surface area contributed by atoms with Crippen molar-refractivity contribution < 1.29 is 9.46 Å². The van der Waals surface area contributed by atoms with Gasteiger partial charge in [-0.25, -0.2) is 0 Å². The molecule has 2 unspecified atom stereocenters. The highest BCUT2D eigenvalue weighted by Gasteiger charge is 2.11. The van der Waals surface area contributed by atoms with Crippen LogP contribution in [0.15, 0.2) is 12.3 Å². The summed E-state index contributed by atoms with van der Waals surface area (Å²) in [5.41, 5.74) is -0.0868. The van der Waals surface area contributed by atoms with Crippen molar-refractivity contribution in [3.8, 4) is 0 Å². The molecular formula is C5H10NO2P. The summed E-state index contributed by atoms with van der Waals surface area (Å²) in [6.45, 7) is 0.818. The fraction of sp³-hybridized carbons (Fsp3) is 0.600. The molecule has 52 valence electrons. The van der Waals surface area contributed by atoms with Gasteiger partial charge in [0.25, 0.3) is 0 Å². The van der Waals surface area contributed by atoms with Crippen LogP contribution in [0.4, 0.5) is 0 Å². The SMILES string of the molecule is O=[PH](O)C1C=CNCC1. The molecule has 1 rings (SSSR count). The molecule has 1 heterocycles. The summed E-state index contributed by atoms with van der Waals surface area (Å²) >= 11 is 0. The van der Waals surface area contributed by atoms with Crippen molar-refractivity contribution in [3.05, 3.63) is 12.3 Å². The molecule has 0 aromatic heterocycles. The van der Waals surface area contributed by atoms with E-state index < -0.39 is 8.03 Å². The van der Waals surface area contributed by atoms with Gasteiger partial charge in [0, 0.05) is 6.54 Å². The Bertz CT molecular complexity index is 146. The van der Waals surface area contributed by atoms with Crippen LogP contribution in [0.1, 0.15) is 6.42 Å². The molecule has 9 heavy (non-hydrogen) atoms. The first-order valence-corrected chi connectivity index (χ1v) is 4.37. The van der Waals surface area contributed by atoms with Gasteiger partial charge in [0.1, 0.15) is 0 Å². The van der Waals surface area contributed by atoms with Crippen molar-refractivity contribution in [2.24, 2.45) is 0 Å². The first kappa shape index (κ1) is 6.84. The van der Waals surface area contributed by atoms with Crippen LogP contribution in [0.25, 0.3) is 0 Å². The summed E-state index contributed by atoms with van der Waals surface area (Å²) in [6.07, 6.45) is 4.28. The van der Waals surface area contributed by atoms with E-state index in [1.807, 2.05) is 0 Å². The Kier molecular flexibility index (Phi) is 2.31. The molecule has 0 saturated carbocycles. The Labute approximate surface area is 54.6 Å². The molecule has 0 radical (unpaired) electrons. The first-order valence-electron chi connectivity index (χ1n) is 2.93. The molecule has 1 aliphatic heterocycles. The van der Waals surface area contributed by atoms with Gasteiger partial charge in [0.2, 0.25) is 0 Å².